The largest absolute Gasteiger partial charge is 0.398 e. The summed E-state index contributed by atoms with van der Waals surface area (Å²) < 4.78 is 22.4. The lowest BCUT2D eigenvalue weighted by molar-refractivity contribution is 0.566. The predicted molar refractivity (Wildman–Crippen MR) is 74.4 cm³/mol. The Balaban J connectivity index is 2.46. The quantitative estimate of drug-likeness (QED) is 0.282. The molecule has 0 saturated heterocycles. The molecule has 18 heavy (non-hydrogen) atoms. The minimum Gasteiger partial charge on any atom is -0.398 e. The van der Waals surface area contributed by atoms with E-state index in [1.165, 1.54) is 0 Å². The number of anilines is 2. The molecule has 0 saturated carbocycles. The molecule has 2 rings (SSSR count). The van der Waals surface area contributed by atoms with Gasteiger partial charge in [-0.1, -0.05) is 24.3 Å². The number of nitrogens with two attached hydrogens (primary N) is 2. The van der Waals surface area contributed by atoms with Crippen LogP contribution in [0.25, 0.3) is 10.8 Å². The molecule has 0 aliphatic rings. The van der Waals surface area contributed by atoms with Crippen LogP contribution in [0.3, 0.4) is 0 Å². The molecule has 2 aromatic carbocycles. The van der Waals surface area contributed by atoms with Gasteiger partial charge in [-0.15, -0.1) is 4.40 Å². The minimum atomic E-state index is -2.33. The molecule has 6 N–H and O–H groups in total. The molecule has 2 aromatic rings. The fourth-order valence-electron chi connectivity index (χ4n) is 1.68. The second kappa shape index (κ2) is 5.03. The predicted octanol–water partition coefficient (Wildman–Crippen LogP) is 1.29. The first-order valence-corrected chi connectivity index (χ1v) is 6.13. The Morgan fingerprint density at radius 1 is 1.22 bits per heavy atom. The number of benzene rings is 2. The third-order valence-electron chi connectivity index (χ3n) is 2.40. The second-order valence-corrected chi connectivity index (χ2v) is 4.22. The van der Waals surface area contributed by atoms with E-state index >= 15 is 0 Å². The van der Waals surface area contributed by atoms with Crippen LogP contribution in [0.5, 0.6) is 0 Å². The molecule has 7 heteroatoms. The highest BCUT2D eigenvalue weighted by Crippen LogP contribution is 2.27. The number of hydrogen-bond acceptors (Lipinski definition) is 2. The van der Waals surface area contributed by atoms with Gasteiger partial charge in [0.05, 0.1) is 0 Å². The van der Waals surface area contributed by atoms with Gasteiger partial charge >= 0.3 is 0 Å². The van der Waals surface area contributed by atoms with E-state index in [1.807, 2.05) is 24.3 Å². The summed E-state index contributed by atoms with van der Waals surface area (Å²) in [6.45, 7) is 0. The molecule has 0 aromatic heterocycles. The van der Waals surface area contributed by atoms with E-state index in [1.54, 1.807) is 12.1 Å². The summed E-state index contributed by atoms with van der Waals surface area (Å²) in [6.07, 6.45) is 0. The van der Waals surface area contributed by atoms with Crippen LogP contribution < -0.4 is 16.8 Å². The molecular formula is C11H12N4O2S. The molecular weight excluding hydrogens is 252 g/mol. The Morgan fingerprint density at radius 3 is 2.56 bits per heavy atom. The van der Waals surface area contributed by atoms with E-state index in [2.05, 4.69) is 9.71 Å². The van der Waals surface area contributed by atoms with Crippen molar-refractivity contribution in [3.8, 4) is 0 Å². The normalized spacial score (nSPS) is 13.5. The van der Waals surface area contributed by atoms with Crippen LogP contribution in [0.15, 0.2) is 40.8 Å². The molecule has 0 fully saturated rings. The van der Waals surface area contributed by atoms with Gasteiger partial charge in [-0.2, -0.15) is 0 Å². The lowest BCUT2D eigenvalue weighted by Gasteiger charge is -2.10. The van der Waals surface area contributed by atoms with Crippen molar-refractivity contribution in [3.05, 3.63) is 36.4 Å². The van der Waals surface area contributed by atoms with Crippen molar-refractivity contribution in [1.29, 1.82) is 0 Å². The smallest absolute Gasteiger partial charge is 0.285 e. The average molecular weight is 264 g/mol. The highest BCUT2D eigenvalue weighted by molar-refractivity contribution is 7.78. The van der Waals surface area contributed by atoms with Gasteiger partial charge in [-0.05, 0) is 12.1 Å². The fourth-order valence-corrected chi connectivity index (χ4v) is 1.89. The first kappa shape index (κ1) is 12.3. The average Bonchev–Trinajstić information content (AvgIpc) is 2.32. The van der Waals surface area contributed by atoms with E-state index in [4.69, 9.17) is 16.0 Å². The zero-order valence-corrected chi connectivity index (χ0v) is 10.1. The lowest BCUT2D eigenvalue weighted by Crippen LogP contribution is -2.23. The van der Waals surface area contributed by atoms with Crippen molar-refractivity contribution in [2.45, 2.75) is 0 Å². The highest BCUT2D eigenvalue weighted by Gasteiger charge is 2.04. The number of fused-ring (bicyclic) bond motifs is 1. The minimum absolute atomic E-state index is 0.134. The number of rotatable bonds is 2. The number of hydrogen-bond donors (Lipinski definition) is 4. The Kier molecular flexibility index (Phi) is 3.45. The molecule has 1 unspecified atom stereocenters. The van der Waals surface area contributed by atoms with E-state index in [9.17, 15) is 4.21 Å². The van der Waals surface area contributed by atoms with Crippen LogP contribution in [0.1, 0.15) is 0 Å². The van der Waals surface area contributed by atoms with Crippen LogP contribution >= 0.6 is 0 Å². The summed E-state index contributed by atoms with van der Waals surface area (Å²) in [5.41, 5.74) is 12.7. The van der Waals surface area contributed by atoms with Crippen molar-refractivity contribution in [1.82, 2.24) is 0 Å². The second-order valence-electron chi connectivity index (χ2n) is 3.58. The SMILES string of the molecule is NC(=NS(=O)O)Nc1ccc(N)c2ccccc12. The van der Waals surface area contributed by atoms with Gasteiger partial charge in [0, 0.05) is 22.1 Å². The molecule has 1 atom stereocenters. The molecule has 0 heterocycles. The molecule has 94 valence electrons. The molecule has 0 bridgehead atoms. The zero-order valence-electron chi connectivity index (χ0n) is 9.33. The Labute approximate surface area is 106 Å². The summed E-state index contributed by atoms with van der Waals surface area (Å²) in [6, 6.07) is 11.0. The van der Waals surface area contributed by atoms with E-state index in [0.29, 0.717) is 11.4 Å². The number of nitrogens with one attached hydrogen (secondary N) is 1. The van der Waals surface area contributed by atoms with Crippen molar-refractivity contribution < 1.29 is 8.76 Å². The van der Waals surface area contributed by atoms with Gasteiger partial charge in [-0.25, -0.2) is 4.21 Å². The zero-order chi connectivity index (χ0) is 13.1. The standard InChI is InChI=1S/C11H12N4O2S/c12-9-5-6-10(14-11(13)15-18(16)17)8-4-2-1-3-7(8)9/h1-6H,12H2,(H,16,17)(H3,13,14,15). The number of nitrogen functional groups attached to an aromatic ring is 1. The monoisotopic (exact) mass is 264 g/mol. The maximum absolute atomic E-state index is 10.5. The van der Waals surface area contributed by atoms with Crippen LogP contribution in [-0.2, 0) is 11.3 Å². The van der Waals surface area contributed by atoms with Gasteiger partial charge < -0.3 is 16.8 Å². The summed E-state index contributed by atoms with van der Waals surface area (Å²) >= 11 is -2.33. The topological polar surface area (TPSA) is 114 Å². The summed E-state index contributed by atoms with van der Waals surface area (Å²) in [5, 5.41) is 4.50. The van der Waals surface area contributed by atoms with E-state index in [0.717, 1.165) is 10.8 Å². The molecule has 0 aliphatic heterocycles. The molecule has 0 radical (unpaired) electrons. The van der Waals surface area contributed by atoms with Crippen molar-refractivity contribution in [2.75, 3.05) is 11.1 Å². The van der Waals surface area contributed by atoms with Crippen molar-refractivity contribution in [3.63, 3.8) is 0 Å². The molecule has 0 spiro atoms. The first-order chi connectivity index (χ1) is 8.58. The number of guanidine groups is 1. The Hall–Kier alpha value is -2.12. The van der Waals surface area contributed by atoms with Gasteiger partial charge in [0.15, 0.2) is 0 Å². The highest BCUT2D eigenvalue weighted by atomic mass is 32.2. The summed E-state index contributed by atoms with van der Waals surface area (Å²) in [7, 11) is 0. The van der Waals surface area contributed by atoms with Gasteiger partial charge in [0.1, 0.15) is 0 Å². The molecule has 6 nitrogen and oxygen atoms in total. The third-order valence-corrected chi connectivity index (χ3v) is 2.75. The van der Waals surface area contributed by atoms with Gasteiger partial charge in [-0.3, -0.25) is 4.55 Å². The van der Waals surface area contributed by atoms with Crippen LogP contribution in [-0.4, -0.2) is 14.7 Å². The maximum Gasteiger partial charge on any atom is 0.285 e. The third kappa shape index (κ3) is 2.58. The van der Waals surface area contributed by atoms with Crippen molar-refractivity contribution >= 4 is 39.4 Å². The van der Waals surface area contributed by atoms with Gasteiger partial charge in [0.25, 0.3) is 11.3 Å². The lowest BCUT2D eigenvalue weighted by atomic mass is 10.1. The number of nitrogens with zero attached hydrogens (tertiary/aromatic N) is 1. The van der Waals surface area contributed by atoms with Crippen LogP contribution in [0, 0.1) is 0 Å². The fraction of sp³-hybridized carbons (Fsp3) is 0. The maximum atomic E-state index is 10.5. The van der Waals surface area contributed by atoms with E-state index < -0.39 is 11.3 Å². The Bertz CT molecular complexity index is 642. The summed E-state index contributed by atoms with van der Waals surface area (Å²) in [4.78, 5) is 0. The van der Waals surface area contributed by atoms with Gasteiger partial charge in [0.2, 0.25) is 5.96 Å². The first-order valence-electron chi connectivity index (χ1n) is 5.07. The molecule has 0 amide bonds. The summed E-state index contributed by atoms with van der Waals surface area (Å²) in [5.74, 6) is -0.134. The van der Waals surface area contributed by atoms with Crippen LogP contribution in [0.2, 0.25) is 0 Å². The van der Waals surface area contributed by atoms with Crippen LogP contribution in [0.4, 0.5) is 11.4 Å². The Morgan fingerprint density at radius 2 is 1.89 bits per heavy atom. The van der Waals surface area contributed by atoms with E-state index in [-0.39, 0.29) is 5.96 Å². The van der Waals surface area contributed by atoms with Crippen molar-refractivity contribution in [2.24, 2.45) is 10.1 Å². The molecule has 0 aliphatic carbocycles.